The van der Waals surface area contributed by atoms with Gasteiger partial charge in [0.05, 0.1) is 0 Å². The summed E-state index contributed by atoms with van der Waals surface area (Å²) in [7, 11) is 1.80. The number of likely N-dealkylation sites (N-methyl/N-ethyl adjacent to an activating group) is 1. The lowest BCUT2D eigenvalue weighted by atomic mass is 10.2. The van der Waals surface area contributed by atoms with Crippen LogP contribution in [0.2, 0.25) is 0 Å². The van der Waals surface area contributed by atoms with E-state index in [2.05, 4.69) is 63.3 Å². The fourth-order valence-electron chi connectivity index (χ4n) is 3.14. The minimum atomic E-state index is 0.586. The number of piperazine rings is 1. The van der Waals surface area contributed by atoms with Gasteiger partial charge in [-0.2, -0.15) is 0 Å². The van der Waals surface area contributed by atoms with Gasteiger partial charge < -0.3 is 25.2 Å². The molecule has 7 nitrogen and oxygen atoms in total. The lowest BCUT2D eigenvalue weighted by Crippen LogP contribution is -2.46. The molecule has 2 heterocycles. The van der Waals surface area contributed by atoms with Crippen molar-refractivity contribution in [2.75, 3.05) is 64.4 Å². The lowest BCUT2D eigenvalue weighted by molar-refractivity contribution is 0.108. The maximum Gasteiger partial charge on any atom is 0.191 e. The molecule has 1 aromatic heterocycles. The molecule has 158 valence electrons. The number of ether oxygens (including phenoxy) is 1. The summed E-state index contributed by atoms with van der Waals surface area (Å²) in [6.45, 7) is 15.2. The molecular weight excluding hydrogens is 352 g/mol. The summed E-state index contributed by atoms with van der Waals surface area (Å²) in [6.07, 6.45) is 2.87. The molecule has 2 N–H and O–H groups in total. The standard InChI is InChI=1S/C21H38N6O/c1-5-26-10-12-27(13-11-26)20-15-19(7-9-23-20)16-25-21(22-4)24-8-6-14-28-17-18(2)3/h7,9,15,18H,5-6,8,10-14,16-17H2,1-4H3,(H2,22,24,25). The predicted molar refractivity (Wildman–Crippen MR) is 117 cm³/mol. The number of nitrogens with zero attached hydrogens (tertiary/aromatic N) is 4. The van der Waals surface area contributed by atoms with Crippen molar-refractivity contribution >= 4 is 11.8 Å². The molecule has 0 unspecified atom stereocenters. The van der Waals surface area contributed by atoms with Crippen LogP contribution in [0.15, 0.2) is 23.3 Å². The second-order valence-corrected chi connectivity index (χ2v) is 7.62. The van der Waals surface area contributed by atoms with Crippen LogP contribution in [0.5, 0.6) is 0 Å². The average molecular weight is 391 g/mol. The molecule has 2 rings (SSSR count). The number of guanidine groups is 1. The number of aromatic nitrogens is 1. The Morgan fingerprint density at radius 1 is 1.25 bits per heavy atom. The van der Waals surface area contributed by atoms with E-state index in [0.29, 0.717) is 5.92 Å². The fraction of sp³-hybridized carbons (Fsp3) is 0.714. The first-order chi connectivity index (χ1) is 13.6. The van der Waals surface area contributed by atoms with Gasteiger partial charge in [0.1, 0.15) is 5.82 Å². The lowest BCUT2D eigenvalue weighted by Gasteiger charge is -2.34. The summed E-state index contributed by atoms with van der Waals surface area (Å²) in [5, 5.41) is 6.73. The van der Waals surface area contributed by atoms with Crippen molar-refractivity contribution < 1.29 is 4.74 Å². The van der Waals surface area contributed by atoms with Gasteiger partial charge >= 0.3 is 0 Å². The summed E-state index contributed by atoms with van der Waals surface area (Å²) in [4.78, 5) is 13.7. The Hall–Kier alpha value is -1.86. The minimum Gasteiger partial charge on any atom is -0.381 e. The van der Waals surface area contributed by atoms with Crippen molar-refractivity contribution in [2.45, 2.75) is 33.7 Å². The highest BCUT2D eigenvalue weighted by atomic mass is 16.5. The Morgan fingerprint density at radius 3 is 2.71 bits per heavy atom. The Bertz CT molecular complexity index is 584. The summed E-state index contributed by atoms with van der Waals surface area (Å²) in [6, 6.07) is 4.24. The molecule has 1 aliphatic rings. The highest BCUT2D eigenvalue weighted by Gasteiger charge is 2.16. The molecule has 0 spiro atoms. The van der Waals surface area contributed by atoms with Crippen molar-refractivity contribution in [1.29, 1.82) is 0 Å². The SMILES string of the molecule is CCN1CCN(c2cc(CNC(=NC)NCCCOCC(C)C)ccn2)CC1. The highest BCUT2D eigenvalue weighted by molar-refractivity contribution is 5.79. The van der Waals surface area contributed by atoms with E-state index in [1.54, 1.807) is 7.05 Å². The first kappa shape index (κ1) is 22.4. The number of pyridine rings is 1. The second-order valence-electron chi connectivity index (χ2n) is 7.62. The van der Waals surface area contributed by atoms with E-state index in [4.69, 9.17) is 4.74 Å². The summed E-state index contributed by atoms with van der Waals surface area (Å²) in [5.41, 5.74) is 1.21. The van der Waals surface area contributed by atoms with Gasteiger partial charge in [0.15, 0.2) is 5.96 Å². The molecule has 7 heteroatoms. The van der Waals surface area contributed by atoms with E-state index in [1.165, 1.54) is 5.56 Å². The molecule has 28 heavy (non-hydrogen) atoms. The number of hydrogen-bond donors (Lipinski definition) is 2. The van der Waals surface area contributed by atoms with Crippen LogP contribution in [-0.2, 0) is 11.3 Å². The number of rotatable bonds is 10. The van der Waals surface area contributed by atoms with Gasteiger partial charge in [0.25, 0.3) is 0 Å². The van der Waals surface area contributed by atoms with Crippen LogP contribution in [0.4, 0.5) is 5.82 Å². The van der Waals surface area contributed by atoms with Crippen molar-refractivity contribution in [3.05, 3.63) is 23.9 Å². The van der Waals surface area contributed by atoms with E-state index in [1.807, 2.05) is 6.20 Å². The quantitative estimate of drug-likeness (QED) is 0.362. The van der Waals surface area contributed by atoms with Crippen molar-refractivity contribution in [1.82, 2.24) is 20.5 Å². The van der Waals surface area contributed by atoms with Crippen LogP contribution in [-0.4, -0.2) is 75.4 Å². The molecule has 1 saturated heterocycles. The molecular formula is C21H38N6O. The third kappa shape index (κ3) is 8.02. The molecule has 1 aliphatic heterocycles. The van der Waals surface area contributed by atoms with Crippen LogP contribution in [0, 0.1) is 5.92 Å². The zero-order chi connectivity index (χ0) is 20.2. The highest BCUT2D eigenvalue weighted by Crippen LogP contribution is 2.15. The second kappa shape index (κ2) is 12.6. The first-order valence-electron chi connectivity index (χ1n) is 10.6. The minimum absolute atomic E-state index is 0.586. The molecule has 0 radical (unpaired) electrons. The predicted octanol–water partition coefficient (Wildman–Crippen LogP) is 1.95. The van der Waals surface area contributed by atoms with Gasteiger partial charge in [-0.05, 0) is 36.6 Å². The van der Waals surface area contributed by atoms with Crippen LogP contribution in [0.3, 0.4) is 0 Å². The smallest absolute Gasteiger partial charge is 0.191 e. The Labute approximate surface area is 170 Å². The molecule has 0 saturated carbocycles. The van der Waals surface area contributed by atoms with Crippen LogP contribution < -0.4 is 15.5 Å². The van der Waals surface area contributed by atoms with Crippen molar-refractivity contribution in [3.8, 4) is 0 Å². The van der Waals surface area contributed by atoms with Crippen LogP contribution in [0.1, 0.15) is 32.8 Å². The Balaban J connectivity index is 1.72. The Kier molecular flexibility index (Phi) is 10.1. The van der Waals surface area contributed by atoms with E-state index in [-0.39, 0.29) is 0 Å². The zero-order valence-electron chi connectivity index (χ0n) is 18.1. The third-order valence-corrected chi connectivity index (χ3v) is 4.85. The molecule has 0 aromatic carbocycles. The monoisotopic (exact) mass is 390 g/mol. The van der Waals surface area contributed by atoms with Crippen LogP contribution in [0.25, 0.3) is 0 Å². The van der Waals surface area contributed by atoms with Gasteiger partial charge in [0, 0.05) is 65.7 Å². The Morgan fingerprint density at radius 2 is 2.04 bits per heavy atom. The van der Waals surface area contributed by atoms with Gasteiger partial charge in [0.2, 0.25) is 0 Å². The van der Waals surface area contributed by atoms with E-state index in [0.717, 1.165) is 77.2 Å². The molecule has 1 aromatic rings. The normalized spacial score (nSPS) is 15.9. The average Bonchev–Trinajstić information content (AvgIpc) is 2.72. The fourth-order valence-corrected chi connectivity index (χ4v) is 3.14. The van der Waals surface area contributed by atoms with Gasteiger partial charge in [-0.15, -0.1) is 0 Å². The molecule has 0 amide bonds. The molecule has 0 aliphatic carbocycles. The maximum atomic E-state index is 5.61. The zero-order valence-corrected chi connectivity index (χ0v) is 18.1. The van der Waals surface area contributed by atoms with Gasteiger partial charge in [-0.1, -0.05) is 20.8 Å². The molecule has 1 fully saturated rings. The molecule has 0 bridgehead atoms. The largest absolute Gasteiger partial charge is 0.381 e. The number of aliphatic imine (C=N–C) groups is 1. The van der Waals surface area contributed by atoms with E-state index in [9.17, 15) is 0 Å². The summed E-state index contributed by atoms with van der Waals surface area (Å²) >= 11 is 0. The molecule has 0 atom stereocenters. The summed E-state index contributed by atoms with van der Waals surface area (Å²) < 4.78 is 5.61. The van der Waals surface area contributed by atoms with E-state index >= 15 is 0 Å². The van der Waals surface area contributed by atoms with Crippen molar-refractivity contribution in [3.63, 3.8) is 0 Å². The third-order valence-electron chi connectivity index (χ3n) is 4.85. The summed E-state index contributed by atoms with van der Waals surface area (Å²) in [5.74, 6) is 2.47. The number of hydrogen-bond acceptors (Lipinski definition) is 5. The maximum absolute atomic E-state index is 5.61. The first-order valence-corrected chi connectivity index (χ1v) is 10.6. The van der Waals surface area contributed by atoms with Crippen molar-refractivity contribution in [2.24, 2.45) is 10.9 Å². The van der Waals surface area contributed by atoms with E-state index < -0.39 is 0 Å². The van der Waals surface area contributed by atoms with Gasteiger partial charge in [-0.3, -0.25) is 4.99 Å². The topological polar surface area (TPSA) is 65.0 Å². The number of anilines is 1. The number of nitrogens with one attached hydrogen (secondary N) is 2. The van der Waals surface area contributed by atoms with Crippen LogP contribution >= 0.6 is 0 Å². The van der Waals surface area contributed by atoms with Gasteiger partial charge in [-0.25, -0.2) is 4.98 Å².